The van der Waals surface area contributed by atoms with Crippen molar-refractivity contribution in [3.63, 3.8) is 0 Å². The summed E-state index contributed by atoms with van der Waals surface area (Å²) in [5.41, 5.74) is -1.03. The normalized spacial score (nSPS) is 10.0. The average Bonchev–Trinajstić information content (AvgIpc) is 1.83. The molecule has 0 aliphatic rings. The fraction of sp³-hybridized carbons (Fsp3) is 0.125. The summed E-state index contributed by atoms with van der Waals surface area (Å²) in [6.07, 6.45) is -4.63. The van der Waals surface area contributed by atoms with Crippen LogP contribution in [0.15, 0.2) is 18.2 Å². The summed E-state index contributed by atoms with van der Waals surface area (Å²) < 4.78 is 48.3. The summed E-state index contributed by atoms with van der Waals surface area (Å²) in [4.78, 5) is 0. The molecule has 1 aromatic carbocycles. The molecular weight excluding hydrogens is 317 g/mol. The first-order valence-electron chi connectivity index (χ1n) is 3.10. The van der Waals surface area contributed by atoms with Crippen molar-refractivity contribution in [2.24, 2.45) is 0 Å². The third kappa shape index (κ3) is 3.97. The Kier molecular flexibility index (Phi) is 6.67. The number of alkyl halides is 3. The molecule has 0 aliphatic heterocycles. The third-order valence-electron chi connectivity index (χ3n) is 1.34. The van der Waals surface area contributed by atoms with E-state index in [1.165, 1.54) is 0 Å². The van der Waals surface area contributed by atoms with Crippen molar-refractivity contribution < 1.29 is 54.0 Å². The number of benzene rings is 1. The number of halogens is 5. The van der Waals surface area contributed by atoms with E-state index in [2.05, 4.69) is 6.92 Å². The summed E-state index contributed by atoms with van der Waals surface area (Å²) >= 11 is 0. The molecule has 1 rings (SSSR count). The average molecular weight is 322 g/mol. The van der Waals surface area contributed by atoms with Gasteiger partial charge in [-0.25, -0.2) is 4.39 Å². The fourth-order valence-corrected chi connectivity index (χ4v) is 0.789. The molecule has 1 aromatic rings. The van der Waals surface area contributed by atoms with Crippen molar-refractivity contribution in [3.8, 4) is 0 Å². The molecule has 0 fully saturated rings. The number of hydrogen-bond donors (Lipinski definition) is 0. The second kappa shape index (κ2) is 5.71. The Morgan fingerprint density at radius 1 is 1.14 bits per heavy atom. The molecule has 0 N–H and O–H groups in total. The zero-order valence-electron chi connectivity index (χ0n) is 7.04. The van der Waals surface area contributed by atoms with Crippen LogP contribution in [0.2, 0.25) is 0 Å². The fourth-order valence-electron chi connectivity index (χ4n) is 0.789. The molecule has 0 heterocycles. The van der Waals surface area contributed by atoms with E-state index in [9.17, 15) is 17.6 Å². The van der Waals surface area contributed by atoms with E-state index in [0.717, 1.165) is 12.1 Å². The monoisotopic (exact) mass is 320 g/mol. The summed E-state index contributed by atoms with van der Waals surface area (Å²) in [6.45, 7) is 3.30. The Morgan fingerprint density at radius 3 is 2.00 bits per heavy atom. The maximum atomic E-state index is 12.6. The standard InChI is InChI=1S/C8H5F4.BrH.Zn/c1-5-2-3-6(7(9)4-5)8(10,11)12;;/h2-4H,1H2;1H;/q-1;;+2/p-1. The first-order chi connectivity index (χ1) is 5.41. The van der Waals surface area contributed by atoms with Gasteiger partial charge in [0.15, 0.2) is 0 Å². The van der Waals surface area contributed by atoms with E-state index >= 15 is 0 Å². The van der Waals surface area contributed by atoms with Crippen LogP contribution in [0.4, 0.5) is 17.6 Å². The molecule has 0 nitrogen and oxygen atoms in total. The van der Waals surface area contributed by atoms with Crippen LogP contribution in [0.3, 0.4) is 0 Å². The van der Waals surface area contributed by atoms with E-state index in [-0.39, 0.29) is 42.0 Å². The maximum absolute atomic E-state index is 12.6. The molecule has 0 aliphatic carbocycles. The van der Waals surface area contributed by atoms with Gasteiger partial charge in [-0.1, -0.05) is 0 Å². The van der Waals surface area contributed by atoms with Gasteiger partial charge in [0, 0.05) is 0 Å². The largest absolute Gasteiger partial charge is 2.00 e. The number of hydrogen-bond acceptors (Lipinski definition) is 0. The predicted octanol–water partition coefficient (Wildman–Crippen LogP) is 0.0282. The van der Waals surface area contributed by atoms with Gasteiger partial charge in [0.25, 0.3) is 0 Å². The Balaban J connectivity index is 0. The zero-order chi connectivity index (χ0) is 9.35. The van der Waals surface area contributed by atoms with Gasteiger partial charge < -0.3 is 17.0 Å². The van der Waals surface area contributed by atoms with Crippen LogP contribution in [-0.2, 0) is 25.7 Å². The smallest absolute Gasteiger partial charge is 1.00 e. The minimum atomic E-state index is -4.63. The van der Waals surface area contributed by atoms with Crippen molar-refractivity contribution in [2.45, 2.75) is 6.18 Å². The van der Waals surface area contributed by atoms with E-state index in [1.807, 2.05) is 0 Å². The van der Waals surface area contributed by atoms with Crippen LogP contribution in [0, 0.1) is 12.7 Å². The maximum Gasteiger partial charge on any atom is 2.00 e. The quantitative estimate of drug-likeness (QED) is 0.359. The molecule has 14 heavy (non-hydrogen) atoms. The number of rotatable bonds is 0. The summed E-state index contributed by atoms with van der Waals surface area (Å²) in [5.74, 6) is -1.28. The molecule has 0 unspecified atom stereocenters. The molecule has 6 heteroatoms. The van der Waals surface area contributed by atoms with Gasteiger partial charge in [-0.2, -0.15) is 31.7 Å². The van der Waals surface area contributed by atoms with Crippen LogP contribution in [0.25, 0.3) is 0 Å². The molecule has 0 bridgehead atoms. The molecule has 0 atom stereocenters. The Bertz CT molecular complexity index is 298. The van der Waals surface area contributed by atoms with E-state index in [0.29, 0.717) is 6.07 Å². The van der Waals surface area contributed by atoms with Crippen molar-refractivity contribution in [3.05, 3.63) is 42.1 Å². The van der Waals surface area contributed by atoms with Crippen LogP contribution >= 0.6 is 0 Å². The van der Waals surface area contributed by atoms with Crippen LogP contribution in [0.1, 0.15) is 11.1 Å². The molecule has 0 saturated heterocycles. The molecule has 0 saturated carbocycles. The van der Waals surface area contributed by atoms with Gasteiger partial charge in [0.05, 0.1) is 11.4 Å². The third-order valence-corrected chi connectivity index (χ3v) is 1.34. The predicted molar refractivity (Wildman–Crippen MR) is 35.9 cm³/mol. The second-order valence-electron chi connectivity index (χ2n) is 2.31. The minimum Gasteiger partial charge on any atom is -1.00 e. The molecule has 0 spiro atoms. The van der Waals surface area contributed by atoms with E-state index in [1.54, 1.807) is 0 Å². The molecule has 0 radical (unpaired) electrons. The topological polar surface area (TPSA) is 0 Å². The SMILES string of the molecule is [Br-].[CH2-]c1ccc(C(F)(F)F)c(F)c1.[Zn+2]. The van der Waals surface area contributed by atoms with Crippen molar-refractivity contribution in [1.29, 1.82) is 0 Å². The Labute approximate surface area is 102 Å². The molecular formula is C8H5BrF4Zn. The van der Waals surface area contributed by atoms with E-state index in [4.69, 9.17) is 0 Å². The van der Waals surface area contributed by atoms with Crippen molar-refractivity contribution in [1.82, 2.24) is 0 Å². The van der Waals surface area contributed by atoms with Crippen molar-refractivity contribution >= 4 is 0 Å². The summed E-state index contributed by atoms with van der Waals surface area (Å²) in [5, 5.41) is 0. The van der Waals surface area contributed by atoms with Crippen molar-refractivity contribution in [2.75, 3.05) is 0 Å². The van der Waals surface area contributed by atoms with Gasteiger partial charge in [0.1, 0.15) is 0 Å². The minimum absolute atomic E-state index is 0. The van der Waals surface area contributed by atoms with Crippen LogP contribution in [-0.4, -0.2) is 0 Å². The van der Waals surface area contributed by atoms with Gasteiger partial charge in [0.2, 0.25) is 0 Å². The van der Waals surface area contributed by atoms with Gasteiger partial charge in [-0.15, -0.1) is 12.1 Å². The Morgan fingerprint density at radius 2 is 1.64 bits per heavy atom. The van der Waals surface area contributed by atoms with Gasteiger partial charge in [-0.05, 0) is 0 Å². The molecule has 0 amide bonds. The molecule has 0 aromatic heterocycles. The second-order valence-corrected chi connectivity index (χ2v) is 2.31. The zero-order valence-corrected chi connectivity index (χ0v) is 11.6. The first kappa shape index (κ1) is 16.3. The first-order valence-corrected chi connectivity index (χ1v) is 3.10. The van der Waals surface area contributed by atoms with Gasteiger partial charge >= 0.3 is 25.7 Å². The van der Waals surface area contributed by atoms with Gasteiger partial charge in [-0.3, -0.25) is 0 Å². The summed E-state index contributed by atoms with van der Waals surface area (Å²) in [7, 11) is 0. The van der Waals surface area contributed by atoms with Crippen LogP contribution in [0.5, 0.6) is 0 Å². The summed E-state index contributed by atoms with van der Waals surface area (Å²) in [6, 6.07) is 2.55. The van der Waals surface area contributed by atoms with Crippen LogP contribution < -0.4 is 17.0 Å². The Hall–Kier alpha value is -0.0866. The molecule has 74 valence electrons. The van der Waals surface area contributed by atoms with E-state index < -0.39 is 17.6 Å².